The van der Waals surface area contributed by atoms with Gasteiger partial charge in [0.2, 0.25) is 0 Å². The molecule has 2 nitrogen and oxygen atoms in total. The minimum absolute atomic E-state index is 0.690. The predicted molar refractivity (Wildman–Crippen MR) is 64.9 cm³/mol. The summed E-state index contributed by atoms with van der Waals surface area (Å²) in [5.41, 5.74) is 3.09. The Hall–Kier alpha value is -0.410. The van der Waals surface area contributed by atoms with E-state index in [4.69, 9.17) is 0 Å². The van der Waals surface area contributed by atoms with Crippen LogP contribution in [0.3, 0.4) is 0 Å². The molecule has 0 aliphatic heterocycles. The Morgan fingerprint density at radius 2 is 2.33 bits per heavy atom. The maximum atomic E-state index is 4.30. The third-order valence-electron chi connectivity index (χ3n) is 3.49. The van der Waals surface area contributed by atoms with E-state index in [1.54, 1.807) is 11.3 Å². The summed E-state index contributed by atoms with van der Waals surface area (Å²) in [6.07, 6.45) is 4.09. The number of hydrogen-bond acceptors (Lipinski definition) is 3. The molecule has 1 aliphatic rings. The van der Waals surface area contributed by atoms with Crippen LogP contribution >= 0.6 is 11.3 Å². The van der Waals surface area contributed by atoms with Crippen LogP contribution in [-0.4, -0.2) is 11.0 Å². The molecule has 2 rings (SSSR count). The molecule has 3 heteroatoms. The van der Waals surface area contributed by atoms with Gasteiger partial charge in [-0.1, -0.05) is 20.3 Å². The van der Waals surface area contributed by atoms with Crippen molar-refractivity contribution < 1.29 is 0 Å². The average molecular weight is 224 g/mol. The van der Waals surface area contributed by atoms with Gasteiger partial charge in [-0.2, -0.15) is 0 Å². The molecule has 1 aromatic heterocycles. The van der Waals surface area contributed by atoms with Crippen LogP contribution < -0.4 is 5.32 Å². The number of nitrogens with one attached hydrogen (secondary N) is 1. The maximum absolute atomic E-state index is 4.30. The Kier molecular flexibility index (Phi) is 3.76. The zero-order valence-electron chi connectivity index (χ0n) is 9.57. The third kappa shape index (κ3) is 3.02. The third-order valence-corrected chi connectivity index (χ3v) is 4.12. The molecule has 0 radical (unpaired) electrons. The summed E-state index contributed by atoms with van der Waals surface area (Å²) >= 11 is 1.68. The molecular weight excluding hydrogens is 204 g/mol. The fraction of sp³-hybridized carbons (Fsp3) is 0.750. The van der Waals surface area contributed by atoms with Crippen LogP contribution in [0, 0.1) is 11.8 Å². The van der Waals surface area contributed by atoms with Gasteiger partial charge >= 0.3 is 0 Å². The van der Waals surface area contributed by atoms with E-state index in [1.165, 1.54) is 25.0 Å². The van der Waals surface area contributed by atoms with E-state index >= 15 is 0 Å². The monoisotopic (exact) mass is 224 g/mol. The van der Waals surface area contributed by atoms with E-state index in [0.29, 0.717) is 6.04 Å². The molecule has 1 aliphatic carbocycles. The molecule has 1 saturated carbocycles. The lowest BCUT2D eigenvalue weighted by atomic mass is 9.80. The average Bonchev–Trinajstić information content (AvgIpc) is 2.72. The SMILES string of the molecule is CC1CCC(C)C(NCc2cscn2)C1. The second-order valence-corrected chi connectivity index (χ2v) is 5.58. The smallest absolute Gasteiger partial charge is 0.0795 e. The van der Waals surface area contributed by atoms with E-state index in [0.717, 1.165) is 18.4 Å². The Balaban J connectivity index is 1.82. The molecule has 1 fully saturated rings. The summed E-state index contributed by atoms with van der Waals surface area (Å²) in [6, 6.07) is 0.690. The van der Waals surface area contributed by atoms with Gasteiger partial charge in [0, 0.05) is 18.0 Å². The molecule has 1 heterocycles. The first kappa shape index (κ1) is 11.1. The number of thiazole rings is 1. The van der Waals surface area contributed by atoms with Gasteiger partial charge in [0.05, 0.1) is 11.2 Å². The Morgan fingerprint density at radius 1 is 1.47 bits per heavy atom. The molecule has 3 unspecified atom stereocenters. The van der Waals surface area contributed by atoms with Crippen LogP contribution in [0.4, 0.5) is 0 Å². The lowest BCUT2D eigenvalue weighted by Crippen LogP contribution is -2.39. The summed E-state index contributed by atoms with van der Waals surface area (Å²) in [5, 5.41) is 5.78. The first-order valence-electron chi connectivity index (χ1n) is 5.86. The van der Waals surface area contributed by atoms with Crippen molar-refractivity contribution in [3.63, 3.8) is 0 Å². The lowest BCUT2D eigenvalue weighted by molar-refractivity contribution is 0.227. The van der Waals surface area contributed by atoms with E-state index < -0.39 is 0 Å². The zero-order valence-corrected chi connectivity index (χ0v) is 10.4. The van der Waals surface area contributed by atoms with Gasteiger partial charge in [-0.3, -0.25) is 0 Å². The van der Waals surface area contributed by atoms with Crippen molar-refractivity contribution in [2.45, 2.75) is 45.7 Å². The van der Waals surface area contributed by atoms with Crippen LogP contribution in [0.5, 0.6) is 0 Å². The van der Waals surface area contributed by atoms with Crippen molar-refractivity contribution in [2.24, 2.45) is 11.8 Å². The van der Waals surface area contributed by atoms with Gasteiger partial charge in [-0.25, -0.2) is 4.98 Å². The molecule has 1 N–H and O–H groups in total. The van der Waals surface area contributed by atoms with Crippen LogP contribution in [0.1, 0.15) is 38.8 Å². The van der Waals surface area contributed by atoms with Gasteiger partial charge in [0.25, 0.3) is 0 Å². The molecule has 0 bridgehead atoms. The molecule has 1 aromatic rings. The minimum Gasteiger partial charge on any atom is -0.308 e. The van der Waals surface area contributed by atoms with E-state index in [2.05, 4.69) is 29.5 Å². The Morgan fingerprint density at radius 3 is 3.07 bits per heavy atom. The standard InChI is InChI=1S/C12H20N2S/c1-9-3-4-10(2)12(5-9)13-6-11-7-15-8-14-11/h7-10,12-13H,3-6H2,1-2H3. The predicted octanol–water partition coefficient (Wildman–Crippen LogP) is 3.06. The Bertz CT molecular complexity index is 284. The number of nitrogens with zero attached hydrogens (tertiary/aromatic N) is 1. The fourth-order valence-electron chi connectivity index (χ4n) is 2.38. The van der Waals surface area contributed by atoms with Gasteiger partial charge in [0.15, 0.2) is 0 Å². The second kappa shape index (κ2) is 5.08. The lowest BCUT2D eigenvalue weighted by Gasteiger charge is -2.33. The van der Waals surface area contributed by atoms with E-state index in [1.807, 2.05) is 5.51 Å². The van der Waals surface area contributed by atoms with Crippen molar-refractivity contribution in [2.75, 3.05) is 0 Å². The van der Waals surface area contributed by atoms with Gasteiger partial charge in [-0.05, 0) is 24.7 Å². The van der Waals surface area contributed by atoms with Crippen LogP contribution in [0.15, 0.2) is 10.9 Å². The first-order chi connectivity index (χ1) is 7.25. The largest absolute Gasteiger partial charge is 0.308 e. The summed E-state index contributed by atoms with van der Waals surface area (Å²) in [6.45, 7) is 5.67. The summed E-state index contributed by atoms with van der Waals surface area (Å²) in [4.78, 5) is 4.30. The summed E-state index contributed by atoms with van der Waals surface area (Å²) in [7, 11) is 0. The van der Waals surface area contributed by atoms with E-state index in [-0.39, 0.29) is 0 Å². The molecule has 0 saturated heterocycles. The second-order valence-electron chi connectivity index (χ2n) is 4.86. The zero-order chi connectivity index (χ0) is 10.7. The van der Waals surface area contributed by atoms with Gasteiger partial charge in [-0.15, -0.1) is 11.3 Å². The summed E-state index contributed by atoms with van der Waals surface area (Å²) < 4.78 is 0. The van der Waals surface area contributed by atoms with Gasteiger partial charge < -0.3 is 5.32 Å². The highest BCUT2D eigenvalue weighted by Gasteiger charge is 2.24. The summed E-state index contributed by atoms with van der Waals surface area (Å²) in [5.74, 6) is 1.70. The van der Waals surface area contributed by atoms with Gasteiger partial charge in [0.1, 0.15) is 0 Å². The molecule has 3 atom stereocenters. The minimum atomic E-state index is 0.690. The number of aromatic nitrogens is 1. The normalized spacial score (nSPS) is 31.7. The van der Waals surface area contributed by atoms with Crippen molar-refractivity contribution in [1.82, 2.24) is 10.3 Å². The van der Waals surface area contributed by atoms with Crippen molar-refractivity contribution >= 4 is 11.3 Å². The maximum Gasteiger partial charge on any atom is 0.0795 e. The highest BCUT2D eigenvalue weighted by molar-refractivity contribution is 7.07. The Labute approximate surface area is 96.1 Å². The molecule has 84 valence electrons. The van der Waals surface area contributed by atoms with E-state index in [9.17, 15) is 0 Å². The topological polar surface area (TPSA) is 24.9 Å². The molecule has 0 aromatic carbocycles. The number of hydrogen-bond donors (Lipinski definition) is 1. The quantitative estimate of drug-likeness (QED) is 0.853. The van der Waals surface area contributed by atoms with Crippen LogP contribution in [-0.2, 0) is 6.54 Å². The first-order valence-corrected chi connectivity index (χ1v) is 6.80. The highest BCUT2D eigenvalue weighted by Crippen LogP contribution is 2.28. The van der Waals surface area contributed by atoms with Crippen molar-refractivity contribution in [1.29, 1.82) is 0 Å². The molecule has 0 spiro atoms. The highest BCUT2D eigenvalue weighted by atomic mass is 32.1. The number of rotatable bonds is 3. The van der Waals surface area contributed by atoms with Crippen LogP contribution in [0.25, 0.3) is 0 Å². The van der Waals surface area contributed by atoms with Crippen molar-refractivity contribution in [3.05, 3.63) is 16.6 Å². The fourth-order valence-corrected chi connectivity index (χ4v) is 2.94. The van der Waals surface area contributed by atoms with Crippen LogP contribution in [0.2, 0.25) is 0 Å². The molecular formula is C12H20N2S. The van der Waals surface area contributed by atoms with Crippen molar-refractivity contribution in [3.8, 4) is 0 Å². The molecule has 15 heavy (non-hydrogen) atoms. The molecule has 0 amide bonds.